The van der Waals surface area contributed by atoms with E-state index in [0.717, 1.165) is 10.9 Å². The Hall–Kier alpha value is -2.44. The summed E-state index contributed by atoms with van der Waals surface area (Å²) in [6.07, 6.45) is 4.59. The topological polar surface area (TPSA) is 71.2 Å². The number of hydroxylamine groups is 1. The molecule has 0 spiro atoms. The van der Waals surface area contributed by atoms with Gasteiger partial charge in [-0.2, -0.15) is 5.06 Å². The van der Waals surface area contributed by atoms with Gasteiger partial charge in [0.15, 0.2) is 0 Å². The van der Waals surface area contributed by atoms with Gasteiger partial charge < -0.3 is 0 Å². The van der Waals surface area contributed by atoms with Gasteiger partial charge in [0.25, 0.3) is 0 Å². The van der Waals surface area contributed by atoms with Crippen molar-refractivity contribution >= 4 is 34.1 Å². The van der Waals surface area contributed by atoms with Crippen LogP contribution in [0.3, 0.4) is 0 Å². The summed E-state index contributed by atoms with van der Waals surface area (Å²) in [5.74, 6) is -0.0690. The number of halogens is 1. The molecule has 1 aromatic carbocycles. The molecular weight excluding hydrogens is 292 g/mol. The maximum absolute atomic E-state index is 11.1. The Morgan fingerprint density at radius 1 is 1.29 bits per heavy atom. The van der Waals surface area contributed by atoms with Gasteiger partial charge in [-0.1, -0.05) is 11.6 Å². The standard InChI is InChI=1S/C14H11ClN4O2/c1-9(20)19(21)12-7-16-14(17-8-12)18-5-4-10-6-11(15)2-3-13(10)18/h2-8,21H,1H3. The van der Waals surface area contributed by atoms with Crippen LogP contribution in [-0.2, 0) is 4.79 Å². The molecule has 2 aromatic heterocycles. The van der Waals surface area contributed by atoms with Gasteiger partial charge in [-0.3, -0.25) is 14.6 Å². The lowest BCUT2D eigenvalue weighted by atomic mass is 10.2. The van der Waals surface area contributed by atoms with E-state index in [1.165, 1.54) is 19.3 Å². The van der Waals surface area contributed by atoms with Crippen molar-refractivity contribution in [2.24, 2.45) is 0 Å². The number of anilines is 1. The Bertz CT molecular complexity index is 813. The van der Waals surface area contributed by atoms with Crippen molar-refractivity contribution < 1.29 is 10.0 Å². The largest absolute Gasteiger partial charge is 0.285 e. The second-order valence-electron chi connectivity index (χ2n) is 4.46. The lowest BCUT2D eigenvalue weighted by Crippen LogP contribution is -2.24. The van der Waals surface area contributed by atoms with Gasteiger partial charge >= 0.3 is 0 Å². The first kappa shape index (κ1) is 13.5. The summed E-state index contributed by atoms with van der Waals surface area (Å²) in [4.78, 5) is 19.4. The number of rotatable bonds is 2. The van der Waals surface area contributed by atoms with E-state index in [1.807, 2.05) is 24.4 Å². The number of carbonyl (C=O) groups is 1. The molecule has 0 fully saturated rings. The third kappa shape index (κ3) is 2.46. The first-order chi connectivity index (χ1) is 10.1. The van der Waals surface area contributed by atoms with E-state index < -0.39 is 5.91 Å². The lowest BCUT2D eigenvalue weighted by molar-refractivity contribution is -0.121. The molecule has 3 aromatic rings. The van der Waals surface area contributed by atoms with Crippen LogP contribution in [0, 0.1) is 0 Å². The van der Waals surface area contributed by atoms with Crippen LogP contribution in [0.5, 0.6) is 0 Å². The molecule has 3 rings (SSSR count). The molecule has 0 aliphatic carbocycles. The molecule has 0 bridgehead atoms. The Balaban J connectivity index is 2.01. The van der Waals surface area contributed by atoms with Crippen LogP contribution in [0.2, 0.25) is 5.02 Å². The summed E-state index contributed by atoms with van der Waals surface area (Å²) in [6, 6.07) is 7.43. The Kier molecular flexibility index (Phi) is 3.32. The van der Waals surface area contributed by atoms with E-state index in [9.17, 15) is 10.0 Å². The quantitative estimate of drug-likeness (QED) is 0.583. The van der Waals surface area contributed by atoms with Crippen molar-refractivity contribution in [2.45, 2.75) is 6.92 Å². The fourth-order valence-electron chi connectivity index (χ4n) is 2.02. The van der Waals surface area contributed by atoms with Crippen LogP contribution in [0.15, 0.2) is 42.9 Å². The molecule has 7 heteroatoms. The maximum Gasteiger partial charge on any atom is 0.247 e. The van der Waals surface area contributed by atoms with Crippen LogP contribution in [0.25, 0.3) is 16.9 Å². The monoisotopic (exact) mass is 302 g/mol. The van der Waals surface area contributed by atoms with Crippen LogP contribution in [-0.4, -0.2) is 25.6 Å². The van der Waals surface area contributed by atoms with Crippen molar-refractivity contribution in [3.8, 4) is 5.95 Å². The predicted molar refractivity (Wildman–Crippen MR) is 78.8 cm³/mol. The van der Waals surface area contributed by atoms with Gasteiger partial charge in [-0.05, 0) is 24.3 Å². The minimum Gasteiger partial charge on any atom is -0.285 e. The van der Waals surface area contributed by atoms with E-state index in [0.29, 0.717) is 16.0 Å². The molecule has 0 aliphatic heterocycles. The molecule has 1 amide bonds. The molecule has 2 heterocycles. The average molecular weight is 303 g/mol. The second kappa shape index (κ2) is 5.16. The summed E-state index contributed by atoms with van der Waals surface area (Å²) < 4.78 is 1.80. The number of hydrogen-bond donors (Lipinski definition) is 1. The molecule has 0 atom stereocenters. The van der Waals surface area contributed by atoms with Gasteiger partial charge in [0, 0.05) is 23.5 Å². The third-order valence-electron chi connectivity index (χ3n) is 3.04. The van der Waals surface area contributed by atoms with Crippen molar-refractivity contribution in [3.05, 3.63) is 47.9 Å². The van der Waals surface area contributed by atoms with Crippen molar-refractivity contribution in [3.63, 3.8) is 0 Å². The lowest BCUT2D eigenvalue weighted by Gasteiger charge is -2.11. The number of aromatic nitrogens is 3. The molecule has 6 nitrogen and oxygen atoms in total. The predicted octanol–water partition coefficient (Wildman–Crippen LogP) is 2.82. The first-order valence-corrected chi connectivity index (χ1v) is 6.52. The van der Waals surface area contributed by atoms with E-state index in [2.05, 4.69) is 9.97 Å². The SMILES string of the molecule is CC(=O)N(O)c1cnc(-n2ccc3cc(Cl)ccc32)nc1. The molecule has 106 valence electrons. The summed E-state index contributed by atoms with van der Waals surface area (Å²) in [6.45, 7) is 1.25. The number of benzene rings is 1. The highest BCUT2D eigenvalue weighted by Crippen LogP contribution is 2.22. The Morgan fingerprint density at radius 2 is 2.00 bits per heavy atom. The minimum atomic E-state index is -0.507. The van der Waals surface area contributed by atoms with E-state index in [1.54, 1.807) is 10.6 Å². The molecule has 0 unspecified atom stereocenters. The van der Waals surface area contributed by atoms with E-state index >= 15 is 0 Å². The highest BCUT2D eigenvalue weighted by atomic mass is 35.5. The van der Waals surface area contributed by atoms with Crippen molar-refractivity contribution in [1.29, 1.82) is 0 Å². The van der Waals surface area contributed by atoms with Crippen LogP contribution < -0.4 is 5.06 Å². The second-order valence-corrected chi connectivity index (χ2v) is 4.90. The fourth-order valence-corrected chi connectivity index (χ4v) is 2.20. The highest BCUT2D eigenvalue weighted by molar-refractivity contribution is 6.31. The zero-order chi connectivity index (χ0) is 15.0. The molecule has 0 saturated heterocycles. The molecule has 0 saturated carbocycles. The van der Waals surface area contributed by atoms with Crippen molar-refractivity contribution in [1.82, 2.24) is 14.5 Å². The molecule has 21 heavy (non-hydrogen) atoms. The van der Waals surface area contributed by atoms with Crippen LogP contribution in [0.4, 0.5) is 5.69 Å². The normalized spacial score (nSPS) is 10.8. The Morgan fingerprint density at radius 3 is 2.67 bits per heavy atom. The summed E-state index contributed by atoms with van der Waals surface area (Å²) in [5.41, 5.74) is 1.13. The van der Waals surface area contributed by atoms with Gasteiger partial charge in [0.1, 0.15) is 5.69 Å². The smallest absolute Gasteiger partial charge is 0.247 e. The van der Waals surface area contributed by atoms with Gasteiger partial charge in [0.05, 0.1) is 17.9 Å². The van der Waals surface area contributed by atoms with Gasteiger partial charge in [-0.15, -0.1) is 0 Å². The zero-order valence-corrected chi connectivity index (χ0v) is 11.8. The van der Waals surface area contributed by atoms with Crippen molar-refractivity contribution in [2.75, 3.05) is 5.06 Å². The number of fused-ring (bicyclic) bond motifs is 1. The van der Waals surface area contributed by atoms with Crippen LogP contribution in [0.1, 0.15) is 6.92 Å². The van der Waals surface area contributed by atoms with Gasteiger partial charge in [0.2, 0.25) is 11.9 Å². The molecular formula is C14H11ClN4O2. The molecule has 0 radical (unpaired) electrons. The Labute approximate surface area is 125 Å². The van der Waals surface area contributed by atoms with E-state index in [4.69, 9.17) is 11.6 Å². The summed E-state index contributed by atoms with van der Waals surface area (Å²) >= 11 is 5.95. The average Bonchev–Trinajstić information content (AvgIpc) is 2.89. The number of nitrogens with zero attached hydrogens (tertiary/aromatic N) is 4. The molecule has 0 aliphatic rings. The molecule has 1 N–H and O–H groups in total. The summed E-state index contributed by atoms with van der Waals surface area (Å²) in [7, 11) is 0. The zero-order valence-electron chi connectivity index (χ0n) is 11.1. The fraction of sp³-hybridized carbons (Fsp3) is 0.0714. The van der Waals surface area contributed by atoms with Crippen LogP contribution >= 0.6 is 11.6 Å². The minimum absolute atomic E-state index is 0.214. The number of carbonyl (C=O) groups excluding carboxylic acids is 1. The highest BCUT2D eigenvalue weighted by Gasteiger charge is 2.10. The maximum atomic E-state index is 11.1. The summed E-state index contributed by atoms with van der Waals surface area (Å²) in [5, 5.41) is 11.6. The number of hydrogen-bond acceptors (Lipinski definition) is 4. The third-order valence-corrected chi connectivity index (χ3v) is 3.27. The number of amides is 1. The first-order valence-electron chi connectivity index (χ1n) is 6.15. The van der Waals surface area contributed by atoms with E-state index in [-0.39, 0.29) is 5.69 Å². The van der Waals surface area contributed by atoms with Gasteiger partial charge in [-0.25, -0.2) is 9.97 Å².